The smallest absolute Gasteiger partial charge is 0.408 e. The summed E-state index contributed by atoms with van der Waals surface area (Å²) in [5.74, 6) is -0.748. The van der Waals surface area contributed by atoms with Gasteiger partial charge in [0.05, 0.1) is 10.4 Å². The molecule has 3 aromatic rings. The number of piperidine rings is 1. The Kier molecular flexibility index (Phi) is 5.56. The van der Waals surface area contributed by atoms with Gasteiger partial charge in [0.25, 0.3) is 0 Å². The molecule has 29 heavy (non-hydrogen) atoms. The maximum absolute atomic E-state index is 13.5. The number of hydrogen-bond acceptors (Lipinski definition) is 4. The molecule has 0 bridgehead atoms. The van der Waals surface area contributed by atoms with E-state index in [2.05, 4.69) is 9.62 Å². The summed E-state index contributed by atoms with van der Waals surface area (Å²) in [5.41, 5.74) is 3.11. The van der Waals surface area contributed by atoms with Gasteiger partial charge in [0.2, 0.25) is 0 Å². The van der Waals surface area contributed by atoms with Gasteiger partial charge in [-0.05, 0) is 68.2 Å². The number of fused-ring (bicyclic) bond motifs is 1. The van der Waals surface area contributed by atoms with Crippen molar-refractivity contribution < 1.29 is 13.0 Å². The first kappa shape index (κ1) is 19.8. The number of oxazole rings is 1. The molecular formula is C21H24FN3O3S. The summed E-state index contributed by atoms with van der Waals surface area (Å²) in [4.78, 5) is 14.9. The number of nitrogens with zero attached hydrogens (tertiary/aromatic N) is 2. The van der Waals surface area contributed by atoms with Gasteiger partial charge in [-0.1, -0.05) is 6.42 Å². The molecule has 1 fully saturated rings. The zero-order valence-corrected chi connectivity index (χ0v) is 17.4. The number of hydrogen-bond donors (Lipinski definition) is 1. The summed E-state index contributed by atoms with van der Waals surface area (Å²) < 4.78 is 36.2. The molecule has 0 aliphatic carbocycles. The second kappa shape index (κ2) is 8.12. The van der Waals surface area contributed by atoms with E-state index in [1.807, 2.05) is 6.07 Å². The quantitative estimate of drug-likeness (QED) is 0.687. The van der Waals surface area contributed by atoms with Crippen LogP contribution in [0.1, 0.15) is 30.4 Å². The van der Waals surface area contributed by atoms with Gasteiger partial charge in [-0.15, -0.1) is 0 Å². The topological polar surface area (TPSA) is 67.5 Å². The summed E-state index contributed by atoms with van der Waals surface area (Å²) in [6, 6.07) is 8.01. The average molecular weight is 418 g/mol. The number of aromatic nitrogens is 1. The molecule has 4 rings (SSSR count). The van der Waals surface area contributed by atoms with Crippen molar-refractivity contribution in [3.8, 4) is 0 Å². The molecule has 1 saturated heterocycles. The minimum absolute atomic E-state index is 0.308. The number of likely N-dealkylation sites (tertiary alicyclic amines) is 1. The van der Waals surface area contributed by atoms with E-state index in [-0.39, 0.29) is 5.82 Å². The standard InChI is InChI=1S/C21H24FN3O3S/c1-14-10-16(6-7-18(14)22)23-29(27)17-11-15(13-25-8-4-3-5-9-25)20-19(12-17)28-21(26)24(20)2/h6-7,10-12,23H,3-5,8-9,13H2,1-2H3. The predicted molar refractivity (Wildman–Crippen MR) is 112 cm³/mol. The molecule has 2 aromatic carbocycles. The van der Waals surface area contributed by atoms with E-state index in [0.29, 0.717) is 28.3 Å². The highest BCUT2D eigenvalue weighted by atomic mass is 32.2. The van der Waals surface area contributed by atoms with Crippen molar-refractivity contribution in [2.24, 2.45) is 7.05 Å². The van der Waals surface area contributed by atoms with E-state index >= 15 is 0 Å². The van der Waals surface area contributed by atoms with Crippen molar-refractivity contribution in [1.29, 1.82) is 0 Å². The molecule has 1 aromatic heterocycles. The van der Waals surface area contributed by atoms with Crippen LogP contribution in [-0.2, 0) is 24.6 Å². The van der Waals surface area contributed by atoms with Crippen LogP contribution in [-0.4, -0.2) is 26.8 Å². The van der Waals surface area contributed by atoms with Gasteiger partial charge < -0.3 is 9.14 Å². The van der Waals surface area contributed by atoms with Crippen LogP contribution in [0, 0.1) is 12.7 Å². The molecule has 0 spiro atoms. The number of rotatable bonds is 5. The highest BCUT2D eigenvalue weighted by molar-refractivity contribution is 7.86. The van der Waals surface area contributed by atoms with Crippen molar-refractivity contribution in [2.75, 3.05) is 17.8 Å². The summed E-state index contributed by atoms with van der Waals surface area (Å²) >= 11 is 0. The third kappa shape index (κ3) is 4.13. The molecule has 8 heteroatoms. The van der Waals surface area contributed by atoms with Crippen molar-refractivity contribution >= 4 is 27.8 Å². The first-order chi connectivity index (χ1) is 13.9. The molecular weight excluding hydrogens is 393 g/mol. The highest BCUT2D eigenvalue weighted by Crippen LogP contribution is 2.26. The fourth-order valence-corrected chi connectivity index (χ4v) is 4.73. The Hall–Kier alpha value is -2.45. The molecule has 1 atom stereocenters. The van der Waals surface area contributed by atoms with Crippen LogP contribution in [0.4, 0.5) is 10.1 Å². The Morgan fingerprint density at radius 1 is 1.17 bits per heavy atom. The first-order valence-electron chi connectivity index (χ1n) is 9.72. The van der Waals surface area contributed by atoms with Gasteiger partial charge in [-0.3, -0.25) is 9.47 Å². The zero-order chi connectivity index (χ0) is 20.5. The molecule has 6 nitrogen and oxygen atoms in total. The van der Waals surface area contributed by atoms with Crippen LogP contribution in [0.2, 0.25) is 0 Å². The lowest BCUT2D eigenvalue weighted by molar-refractivity contribution is 0.221. The van der Waals surface area contributed by atoms with E-state index in [1.54, 1.807) is 32.2 Å². The molecule has 0 radical (unpaired) electrons. The van der Waals surface area contributed by atoms with Crippen LogP contribution in [0.25, 0.3) is 11.1 Å². The summed E-state index contributed by atoms with van der Waals surface area (Å²) in [7, 11) is 0.103. The van der Waals surface area contributed by atoms with Crippen molar-refractivity contribution in [1.82, 2.24) is 9.47 Å². The molecule has 2 heterocycles. The predicted octanol–water partition coefficient (Wildman–Crippen LogP) is 3.70. The van der Waals surface area contributed by atoms with Gasteiger partial charge in [0, 0.05) is 25.3 Å². The summed E-state index contributed by atoms with van der Waals surface area (Å²) in [6.45, 7) is 4.34. The van der Waals surface area contributed by atoms with Crippen LogP contribution in [0.15, 0.2) is 44.4 Å². The average Bonchev–Trinajstić information content (AvgIpc) is 2.99. The van der Waals surface area contributed by atoms with Crippen LogP contribution < -0.4 is 10.5 Å². The van der Waals surface area contributed by atoms with E-state index in [9.17, 15) is 13.4 Å². The third-order valence-corrected chi connectivity index (χ3v) is 6.44. The molecule has 1 aliphatic heterocycles. The summed E-state index contributed by atoms with van der Waals surface area (Å²) in [6.07, 6.45) is 3.55. The number of anilines is 1. The van der Waals surface area contributed by atoms with E-state index < -0.39 is 16.7 Å². The number of aryl methyl sites for hydroxylation is 2. The Bertz CT molecular complexity index is 1130. The van der Waals surface area contributed by atoms with Gasteiger partial charge in [0.1, 0.15) is 16.8 Å². The van der Waals surface area contributed by atoms with Gasteiger partial charge in [0.15, 0.2) is 5.58 Å². The lowest BCUT2D eigenvalue weighted by atomic mass is 10.1. The normalized spacial score (nSPS) is 16.2. The SMILES string of the molecule is Cc1cc(NS(=O)c2cc(CN3CCCCC3)c3c(c2)oc(=O)n3C)ccc1F. The molecule has 154 valence electrons. The third-order valence-electron chi connectivity index (χ3n) is 5.36. The lowest BCUT2D eigenvalue weighted by Gasteiger charge is -2.26. The van der Waals surface area contributed by atoms with Crippen molar-refractivity contribution in [2.45, 2.75) is 37.6 Å². The van der Waals surface area contributed by atoms with E-state index in [4.69, 9.17) is 4.42 Å². The first-order valence-corrected chi connectivity index (χ1v) is 10.9. The van der Waals surface area contributed by atoms with Gasteiger partial charge in [-0.25, -0.2) is 13.4 Å². The van der Waals surface area contributed by atoms with Crippen LogP contribution in [0.5, 0.6) is 0 Å². The maximum Gasteiger partial charge on any atom is 0.419 e. The zero-order valence-electron chi connectivity index (χ0n) is 16.5. The number of nitrogens with one attached hydrogen (secondary N) is 1. The van der Waals surface area contributed by atoms with E-state index in [1.165, 1.54) is 17.1 Å². The Morgan fingerprint density at radius 2 is 1.93 bits per heavy atom. The molecule has 1 unspecified atom stereocenters. The minimum Gasteiger partial charge on any atom is -0.408 e. The fraction of sp³-hybridized carbons (Fsp3) is 0.381. The second-order valence-corrected chi connectivity index (χ2v) is 8.74. The van der Waals surface area contributed by atoms with Gasteiger partial charge >= 0.3 is 5.76 Å². The minimum atomic E-state index is -1.58. The number of halogens is 1. The van der Waals surface area contributed by atoms with Crippen LogP contribution >= 0.6 is 0 Å². The Morgan fingerprint density at radius 3 is 2.66 bits per heavy atom. The lowest BCUT2D eigenvalue weighted by Crippen LogP contribution is -2.29. The Labute approximate surface area is 170 Å². The molecule has 1 N–H and O–H groups in total. The molecule has 0 amide bonds. The van der Waals surface area contributed by atoms with Crippen molar-refractivity contribution in [3.63, 3.8) is 0 Å². The van der Waals surface area contributed by atoms with Crippen LogP contribution in [0.3, 0.4) is 0 Å². The van der Waals surface area contributed by atoms with Gasteiger partial charge in [-0.2, -0.15) is 0 Å². The largest absolute Gasteiger partial charge is 0.419 e. The highest BCUT2D eigenvalue weighted by Gasteiger charge is 2.19. The number of benzene rings is 2. The molecule has 1 aliphatic rings. The summed E-state index contributed by atoms with van der Waals surface area (Å²) in [5, 5.41) is 0. The fourth-order valence-electron chi connectivity index (χ4n) is 3.81. The van der Waals surface area contributed by atoms with Crippen molar-refractivity contribution in [3.05, 3.63) is 57.8 Å². The monoisotopic (exact) mass is 417 g/mol. The Balaban J connectivity index is 1.69. The second-order valence-electron chi connectivity index (χ2n) is 7.53. The maximum atomic E-state index is 13.5. The molecule has 0 saturated carbocycles. The van der Waals surface area contributed by atoms with E-state index in [0.717, 1.165) is 37.0 Å².